The van der Waals surface area contributed by atoms with Crippen LogP contribution in [0.1, 0.15) is 25.8 Å². The second-order valence-corrected chi connectivity index (χ2v) is 5.73. The van der Waals surface area contributed by atoms with E-state index in [2.05, 4.69) is 5.32 Å². The SMILES string of the molecule is CC1(C)C=Cc2cccc(NC(=O)C(CO)CC(=O)O)c2O1. The van der Waals surface area contributed by atoms with Crippen molar-refractivity contribution in [2.45, 2.75) is 25.9 Å². The largest absolute Gasteiger partial charge is 0.481 e. The maximum atomic E-state index is 12.1. The first kappa shape index (κ1) is 16.0. The van der Waals surface area contributed by atoms with Gasteiger partial charge in [0.1, 0.15) is 5.60 Å². The summed E-state index contributed by atoms with van der Waals surface area (Å²) in [4.78, 5) is 22.8. The van der Waals surface area contributed by atoms with Gasteiger partial charge in [0.05, 0.1) is 24.6 Å². The third-order valence-electron chi connectivity index (χ3n) is 3.34. The Labute approximate surface area is 128 Å². The zero-order valence-electron chi connectivity index (χ0n) is 12.5. The molecule has 22 heavy (non-hydrogen) atoms. The smallest absolute Gasteiger partial charge is 0.304 e. The van der Waals surface area contributed by atoms with Crippen LogP contribution in [0.3, 0.4) is 0 Å². The number of carbonyl (C=O) groups excluding carboxylic acids is 1. The molecule has 118 valence electrons. The summed E-state index contributed by atoms with van der Waals surface area (Å²) < 4.78 is 5.87. The van der Waals surface area contributed by atoms with Gasteiger partial charge >= 0.3 is 5.97 Å². The van der Waals surface area contributed by atoms with Crippen LogP contribution in [-0.2, 0) is 9.59 Å². The van der Waals surface area contributed by atoms with Crippen molar-refractivity contribution >= 4 is 23.6 Å². The molecular formula is C16H19NO5. The number of hydrogen-bond donors (Lipinski definition) is 3. The Morgan fingerprint density at radius 1 is 1.36 bits per heavy atom. The standard InChI is InChI=1S/C16H19NO5/c1-16(2)7-6-10-4-3-5-12(14(10)22-16)17-15(21)11(9-18)8-13(19)20/h3-7,11,18H,8-9H2,1-2H3,(H,17,21)(H,19,20). The van der Waals surface area contributed by atoms with Crippen LogP contribution < -0.4 is 10.1 Å². The van der Waals surface area contributed by atoms with Crippen molar-refractivity contribution in [2.24, 2.45) is 5.92 Å². The minimum absolute atomic E-state index is 0.427. The average Bonchev–Trinajstić information content (AvgIpc) is 2.44. The van der Waals surface area contributed by atoms with Gasteiger partial charge in [0.25, 0.3) is 0 Å². The molecule has 0 spiro atoms. The second kappa shape index (κ2) is 6.19. The number of anilines is 1. The zero-order chi connectivity index (χ0) is 16.3. The molecule has 0 fully saturated rings. The van der Waals surface area contributed by atoms with Gasteiger partial charge in [-0.05, 0) is 26.0 Å². The number of aliphatic hydroxyl groups excluding tert-OH is 1. The number of rotatable bonds is 5. The highest BCUT2D eigenvalue weighted by molar-refractivity contribution is 5.96. The van der Waals surface area contributed by atoms with Gasteiger partial charge in [-0.1, -0.05) is 18.2 Å². The Balaban J connectivity index is 2.23. The molecule has 0 aliphatic carbocycles. The van der Waals surface area contributed by atoms with E-state index in [0.717, 1.165) is 5.56 Å². The number of carbonyl (C=O) groups is 2. The lowest BCUT2D eigenvalue weighted by Gasteiger charge is -2.29. The van der Waals surface area contributed by atoms with E-state index in [0.29, 0.717) is 11.4 Å². The molecule has 0 bridgehead atoms. The van der Waals surface area contributed by atoms with E-state index in [-0.39, 0.29) is 0 Å². The molecule has 1 amide bonds. The van der Waals surface area contributed by atoms with E-state index < -0.39 is 36.4 Å². The number of aliphatic hydroxyl groups is 1. The number of ether oxygens (including phenoxy) is 1. The van der Waals surface area contributed by atoms with Gasteiger partial charge in [0.2, 0.25) is 5.91 Å². The predicted molar refractivity (Wildman–Crippen MR) is 81.6 cm³/mol. The van der Waals surface area contributed by atoms with Gasteiger partial charge in [-0.3, -0.25) is 9.59 Å². The number of benzene rings is 1. The number of carboxylic acids is 1. The number of fused-ring (bicyclic) bond motifs is 1. The molecular weight excluding hydrogens is 286 g/mol. The molecule has 3 N–H and O–H groups in total. The first-order valence-corrected chi connectivity index (χ1v) is 6.97. The lowest BCUT2D eigenvalue weighted by Crippen LogP contribution is -2.30. The van der Waals surface area contributed by atoms with Crippen LogP contribution in [0.15, 0.2) is 24.3 Å². The highest BCUT2D eigenvalue weighted by atomic mass is 16.5. The summed E-state index contributed by atoms with van der Waals surface area (Å²) in [5.74, 6) is -2.14. The molecule has 1 atom stereocenters. The topological polar surface area (TPSA) is 95.9 Å². The minimum Gasteiger partial charge on any atom is -0.481 e. The lowest BCUT2D eigenvalue weighted by molar-refractivity contribution is -0.140. The summed E-state index contributed by atoms with van der Waals surface area (Å²) in [6.45, 7) is 3.26. The molecule has 1 heterocycles. The van der Waals surface area contributed by atoms with E-state index >= 15 is 0 Å². The summed E-state index contributed by atoms with van der Waals surface area (Å²) in [7, 11) is 0. The van der Waals surface area contributed by atoms with Gasteiger partial charge in [-0.2, -0.15) is 0 Å². The quantitative estimate of drug-likeness (QED) is 0.772. The highest BCUT2D eigenvalue weighted by Crippen LogP contribution is 2.37. The molecule has 0 saturated heterocycles. The zero-order valence-corrected chi connectivity index (χ0v) is 12.5. The number of hydrogen-bond acceptors (Lipinski definition) is 4. The van der Waals surface area contributed by atoms with Crippen LogP contribution in [0, 0.1) is 5.92 Å². The van der Waals surface area contributed by atoms with Crippen LogP contribution >= 0.6 is 0 Å². The average molecular weight is 305 g/mol. The van der Waals surface area contributed by atoms with Crippen molar-refractivity contribution in [1.82, 2.24) is 0 Å². The Morgan fingerprint density at radius 3 is 2.73 bits per heavy atom. The van der Waals surface area contributed by atoms with Crippen LogP contribution in [0.2, 0.25) is 0 Å². The second-order valence-electron chi connectivity index (χ2n) is 5.73. The van der Waals surface area contributed by atoms with Crippen molar-refractivity contribution in [3.63, 3.8) is 0 Å². The fourth-order valence-corrected chi connectivity index (χ4v) is 2.17. The summed E-state index contributed by atoms with van der Waals surface area (Å²) in [5, 5.41) is 20.6. The van der Waals surface area contributed by atoms with Crippen molar-refractivity contribution in [2.75, 3.05) is 11.9 Å². The van der Waals surface area contributed by atoms with Gasteiger partial charge < -0.3 is 20.3 Å². The third-order valence-corrected chi connectivity index (χ3v) is 3.34. The number of amides is 1. The molecule has 0 saturated carbocycles. The fourth-order valence-electron chi connectivity index (χ4n) is 2.17. The van der Waals surface area contributed by atoms with E-state index in [1.54, 1.807) is 12.1 Å². The molecule has 1 aromatic carbocycles. The molecule has 2 rings (SSSR count). The number of para-hydroxylation sites is 1. The number of aliphatic carboxylic acids is 1. The predicted octanol–water partition coefficient (Wildman–Crippen LogP) is 1.89. The Morgan fingerprint density at radius 2 is 2.09 bits per heavy atom. The molecule has 1 aromatic rings. The maximum Gasteiger partial charge on any atom is 0.304 e. The van der Waals surface area contributed by atoms with Gasteiger partial charge in [0.15, 0.2) is 5.75 Å². The lowest BCUT2D eigenvalue weighted by atomic mass is 10.0. The molecule has 1 unspecified atom stereocenters. The number of nitrogens with one attached hydrogen (secondary N) is 1. The van der Waals surface area contributed by atoms with E-state index in [1.807, 2.05) is 32.1 Å². The van der Waals surface area contributed by atoms with Gasteiger partial charge in [0, 0.05) is 5.56 Å². The van der Waals surface area contributed by atoms with E-state index in [4.69, 9.17) is 9.84 Å². The summed E-state index contributed by atoms with van der Waals surface area (Å²) >= 11 is 0. The molecule has 0 aromatic heterocycles. The summed E-state index contributed by atoms with van der Waals surface area (Å²) in [5.41, 5.74) is 0.797. The van der Waals surface area contributed by atoms with Crippen LogP contribution in [0.5, 0.6) is 5.75 Å². The first-order chi connectivity index (χ1) is 10.3. The summed E-state index contributed by atoms with van der Waals surface area (Å²) in [6.07, 6.45) is 3.40. The molecule has 1 aliphatic heterocycles. The first-order valence-electron chi connectivity index (χ1n) is 6.97. The van der Waals surface area contributed by atoms with Crippen molar-refractivity contribution in [3.8, 4) is 5.75 Å². The van der Waals surface area contributed by atoms with Crippen molar-refractivity contribution < 1.29 is 24.5 Å². The van der Waals surface area contributed by atoms with Crippen molar-refractivity contribution in [3.05, 3.63) is 29.8 Å². The molecule has 6 heteroatoms. The van der Waals surface area contributed by atoms with Crippen LogP contribution in [0.25, 0.3) is 6.08 Å². The normalized spacial score (nSPS) is 16.3. The third kappa shape index (κ3) is 3.65. The molecule has 1 aliphatic rings. The van der Waals surface area contributed by atoms with Crippen molar-refractivity contribution in [1.29, 1.82) is 0 Å². The monoisotopic (exact) mass is 305 g/mol. The Hall–Kier alpha value is -2.34. The van der Waals surface area contributed by atoms with Gasteiger partial charge in [-0.25, -0.2) is 0 Å². The minimum atomic E-state index is -1.13. The Kier molecular flexibility index (Phi) is 4.51. The van der Waals surface area contributed by atoms with Gasteiger partial charge in [-0.15, -0.1) is 0 Å². The van der Waals surface area contributed by atoms with Crippen LogP contribution in [0.4, 0.5) is 5.69 Å². The van der Waals surface area contributed by atoms with E-state index in [9.17, 15) is 14.7 Å². The summed E-state index contributed by atoms with van der Waals surface area (Å²) in [6, 6.07) is 5.31. The van der Waals surface area contributed by atoms with E-state index in [1.165, 1.54) is 0 Å². The number of carboxylic acid groups (broad SMARTS) is 1. The Bertz CT molecular complexity index is 621. The molecule has 0 radical (unpaired) electrons. The maximum absolute atomic E-state index is 12.1. The fraction of sp³-hybridized carbons (Fsp3) is 0.375. The highest BCUT2D eigenvalue weighted by Gasteiger charge is 2.26. The van der Waals surface area contributed by atoms with Crippen LogP contribution in [-0.4, -0.2) is 34.3 Å². The molecule has 6 nitrogen and oxygen atoms in total.